The van der Waals surface area contributed by atoms with Gasteiger partial charge in [0.05, 0.1) is 12.8 Å². The number of hydrogen-bond acceptors (Lipinski definition) is 4. The van der Waals surface area contributed by atoms with Gasteiger partial charge < -0.3 is 20.1 Å². The van der Waals surface area contributed by atoms with Crippen LogP contribution in [0.3, 0.4) is 0 Å². The van der Waals surface area contributed by atoms with E-state index in [1.54, 1.807) is 19.2 Å². The topological polar surface area (TPSA) is 76.7 Å². The van der Waals surface area contributed by atoms with Crippen LogP contribution in [0, 0.1) is 0 Å². The molecule has 3 rings (SSSR count). The van der Waals surface area contributed by atoms with Crippen LogP contribution >= 0.6 is 0 Å². The maximum absolute atomic E-state index is 12.4. The first-order chi connectivity index (χ1) is 13.3. The maximum atomic E-state index is 12.4. The Bertz CT molecular complexity index is 900. The van der Waals surface area contributed by atoms with Gasteiger partial charge in [0.25, 0.3) is 5.91 Å². The number of methoxy groups -OCH3 is 1. The molecule has 1 heterocycles. The molecule has 0 fully saturated rings. The number of carbonyl (C=O) groups is 2. The number of nitrogens with one attached hydrogen (secondary N) is 2. The number of anilines is 2. The Hall–Kier alpha value is -3.02. The predicted octanol–water partition coefficient (Wildman–Crippen LogP) is 3.89. The van der Waals surface area contributed by atoms with Gasteiger partial charge in [-0.25, -0.2) is 0 Å². The van der Waals surface area contributed by atoms with Crippen molar-refractivity contribution in [1.29, 1.82) is 0 Å². The van der Waals surface area contributed by atoms with Crippen LogP contribution in [-0.2, 0) is 21.4 Å². The molecule has 6 heteroatoms. The van der Waals surface area contributed by atoms with Crippen molar-refractivity contribution < 1.29 is 19.1 Å². The Balaban J connectivity index is 1.65. The smallest absolute Gasteiger partial charge is 0.262 e. The van der Waals surface area contributed by atoms with Gasteiger partial charge in [-0.05, 0) is 53.3 Å². The van der Waals surface area contributed by atoms with E-state index in [0.717, 1.165) is 16.8 Å². The van der Waals surface area contributed by atoms with Crippen LogP contribution in [0.25, 0.3) is 0 Å². The summed E-state index contributed by atoms with van der Waals surface area (Å²) < 4.78 is 11.0. The zero-order valence-corrected chi connectivity index (χ0v) is 16.7. The molecule has 148 valence electrons. The van der Waals surface area contributed by atoms with E-state index in [-0.39, 0.29) is 23.8 Å². The fourth-order valence-electron chi connectivity index (χ4n) is 3.06. The summed E-state index contributed by atoms with van der Waals surface area (Å²) >= 11 is 0. The highest BCUT2D eigenvalue weighted by Gasteiger charge is 2.18. The van der Waals surface area contributed by atoms with Crippen LogP contribution in [0.2, 0.25) is 0 Å². The highest BCUT2D eigenvalue weighted by atomic mass is 16.5. The lowest BCUT2D eigenvalue weighted by molar-refractivity contribution is -0.118. The van der Waals surface area contributed by atoms with E-state index in [9.17, 15) is 9.59 Å². The lowest BCUT2D eigenvalue weighted by Crippen LogP contribution is -2.22. The predicted molar refractivity (Wildman–Crippen MR) is 109 cm³/mol. The average molecular weight is 382 g/mol. The number of aryl methyl sites for hydroxylation is 1. The Morgan fingerprint density at radius 1 is 1.14 bits per heavy atom. The van der Waals surface area contributed by atoms with Crippen LogP contribution in [0.1, 0.15) is 38.3 Å². The minimum atomic E-state index is -0.268. The largest absolute Gasteiger partial charge is 0.495 e. The standard InChI is InChI=1S/C22H26N2O4/c1-22(2,3)15-6-9-19(27-4)18(12-15)24-21(26)13-28-16-7-8-17-14(11-16)5-10-20(25)23-17/h6-9,11-12H,5,10,13H2,1-4H3,(H,23,25)(H,24,26). The Kier molecular flexibility index (Phi) is 5.58. The maximum Gasteiger partial charge on any atom is 0.262 e. The van der Waals surface area contributed by atoms with Crippen molar-refractivity contribution in [3.63, 3.8) is 0 Å². The second-order valence-corrected chi connectivity index (χ2v) is 7.87. The van der Waals surface area contributed by atoms with Crippen LogP contribution in [0.5, 0.6) is 11.5 Å². The van der Waals surface area contributed by atoms with Gasteiger partial charge in [0, 0.05) is 12.1 Å². The molecule has 28 heavy (non-hydrogen) atoms. The third-order valence-corrected chi connectivity index (χ3v) is 4.68. The summed E-state index contributed by atoms with van der Waals surface area (Å²) in [5.41, 5.74) is 3.49. The molecule has 0 aliphatic carbocycles. The van der Waals surface area contributed by atoms with E-state index in [0.29, 0.717) is 30.0 Å². The van der Waals surface area contributed by atoms with Gasteiger partial charge in [-0.2, -0.15) is 0 Å². The normalized spacial score (nSPS) is 13.4. The highest BCUT2D eigenvalue weighted by molar-refractivity contribution is 5.94. The van der Waals surface area contributed by atoms with E-state index in [2.05, 4.69) is 31.4 Å². The summed E-state index contributed by atoms with van der Waals surface area (Å²) in [6, 6.07) is 11.2. The lowest BCUT2D eigenvalue weighted by Gasteiger charge is -2.21. The van der Waals surface area contributed by atoms with Crippen molar-refractivity contribution >= 4 is 23.2 Å². The van der Waals surface area contributed by atoms with Crippen molar-refractivity contribution in [3.05, 3.63) is 47.5 Å². The quantitative estimate of drug-likeness (QED) is 0.822. The van der Waals surface area contributed by atoms with Crippen LogP contribution in [-0.4, -0.2) is 25.5 Å². The van der Waals surface area contributed by atoms with Gasteiger partial charge in [-0.15, -0.1) is 0 Å². The molecule has 1 aliphatic rings. The van der Waals surface area contributed by atoms with Gasteiger partial charge >= 0.3 is 0 Å². The molecule has 0 aromatic heterocycles. The van der Waals surface area contributed by atoms with E-state index in [1.165, 1.54) is 0 Å². The highest BCUT2D eigenvalue weighted by Crippen LogP contribution is 2.31. The second kappa shape index (κ2) is 7.92. The third kappa shape index (κ3) is 4.63. The van der Waals surface area contributed by atoms with Crippen molar-refractivity contribution in [1.82, 2.24) is 0 Å². The van der Waals surface area contributed by atoms with Gasteiger partial charge in [0.2, 0.25) is 5.91 Å². The van der Waals surface area contributed by atoms with Crippen molar-refractivity contribution in [3.8, 4) is 11.5 Å². The molecule has 2 N–H and O–H groups in total. The molecule has 0 saturated heterocycles. The first-order valence-electron chi connectivity index (χ1n) is 9.30. The minimum Gasteiger partial charge on any atom is -0.495 e. The van der Waals surface area contributed by atoms with Crippen molar-refractivity contribution in [2.75, 3.05) is 24.4 Å². The summed E-state index contributed by atoms with van der Waals surface area (Å²) in [7, 11) is 1.57. The summed E-state index contributed by atoms with van der Waals surface area (Å²) in [4.78, 5) is 23.8. The minimum absolute atomic E-state index is 0.0204. The molecule has 2 aromatic rings. The first kappa shape index (κ1) is 19.7. The molecular weight excluding hydrogens is 356 g/mol. The Morgan fingerprint density at radius 3 is 2.64 bits per heavy atom. The molecule has 0 radical (unpaired) electrons. The monoisotopic (exact) mass is 382 g/mol. The number of hydrogen-bond donors (Lipinski definition) is 2. The SMILES string of the molecule is COc1ccc(C(C)(C)C)cc1NC(=O)COc1ccc2c(c1)CCC(=O)N2. The molecule has 2 amide bonds. The Labute approximate surface area is 165 Å². The summed E-state index contributed by atoms with van der Waals surface area (Å²) in [5.74, 6) is 0.952. The zero-order valence-electron chi connectivity index (χ0n) is 16.7. The fourth-order valence-corrected chi connectivity index (χ4v) is 3.06. The zero-order chi connectivity index (χ0) is 20.3. The molecule has 0 bridgehead atoms. The molecule has 0 saturated carbocycles. The first-order valence-corrected chi connectivity index (χ1v) is 9.30. The molecule has 0 atom stereocenters. The van der Waals surface area contributed by atoms with Gasteiger partial charge in [0.1, 0.15) is 11.5 Å². The molecule has 2 aromatic carbocycles. The number of rotatable bonds is 5. The van der Waals surface area contributed by atoms with Gasteiger partial charge in [-0.1, -0.05) is 26.8 Å². The molecule has 1 aliphatic heterocycles. The summed E-state index contributed by atoms with van der Waals surface area (Å²) in [6.07, 6.45) is 1.13. The number of carbonyl (C=O) groups excluding carboxylic acids is 2. The number of amides is 2. The average Bonchev–Trinajstić information content (AvgIpc) is 2.65. The summed E-state index contributed by atoms with van der Waals surface area (Å²) in [5, 5.41) is 5.69. The van der Waals surface area contributed by atoms with Crippen molar-refractivity contribution in [2.24, 2.45) is 0 Å². The van der Waals surface area contributed by atoms with E-state index in [4.69, 9.17) is 9.47 Å². The number of benzene rings is 2. The number of fused-ring (bicyclic) bond motifs is 1. The summed E-state index contributed by atoms with van der Waals surface area (Å²) in [6.45, 7) is 6.22. The van der Waals surface area contributed by atoms with Gasteiger partial charge in [0.15, 0.2) is 6.61 Å². The van der Waals surface area contributed by atoms with Crippen LogP contribution in [0.4, 0.5) is 11.4 Å². The molecule has 0 spiro atoms. The van der Waals surface area contributed by atoms with E-state index >= 15 is 0 Å². The molecule has 6 nitrogen and oxygen atoms in total. The van der Waals surface area contributed by atoms with Crippen LogP contribution in [0.15, 0.2) is 36.4 Å². The Morgan fingerprint density at radius 2 is 1.93 bits per heavy atom. The molecular formula is C22H26N2O4. The van der Waals surface area contributed by atoms with Gasteiger partial charge in [-0.3, -0.25) is 9.59 Å². The van der Waals surface area contributed by atoms with Crippen LogP contribution < -0.4 is 20.1 Å². The lowest BCUT2D eigenvalue weighted by atomic mass is 9.87. The fraction of sp³-hybridized carbons (Fsp3) is 0.364. The number of ether oxygens (including phenoxy) is 2. The molecule has 0 unspecified atom stereocenters. The van der Waals surface area contributed by atoms with E-state index in [1.807, 2.05) is 24.3 Å². The second-order valence-electron chi connectivity index (χ2n) is 7.87. The van der Waals surface area contributed by atoms with E-state index < -0.39 is 0 Å². The van der Waals surface area contributed by atoms with Crippen molar-refractivity contribution in [2.45, 2.75) is 39.0 Å². The third-order valence-electron chi connectivity index (χ3n) is 4.68.